The van der Waals surface area contributed by atoms with Crippen LogP contribution >= 0.6 is 0 Å². The summed E-state index contributed by atoms with van der Waals surface area (Å²) in [6, 6.07) is 0. The van der Waals surface area contributed by atoms with Crippen molar-refractivity contribution < 1.29 is 4.79 Å². The summed E-state index contributed by atoms with van der Waals surface area (Å²) < 4.78 is 0. The maximum atomic E-state index is 11.4. The Bertz CT molecular complexity index is 170. The van der Waals surface area contributed by atoms with Crippen molar-refractivity contribution in [2.24, 2.45) is 5.92 Å². The van der Waals surface area contributed by atoms with Gasteiger partial charge < -0.3 is 0 Å². The summed E-state index contributed by atoms with van der Waals surface area (Å²) in [5.41, 5.74) is 0. The molecule has 1 aliphatic carbocycles. The molecule has 0 unspecified atom stereocenters. The molecule has 0 aromatic carbocycles. The van der Waals surface area contributed by atoms with Crippen molar-refractivity contribution in [3.05, 3.63) is 12.2 Å². The van der Waals surface area contributed by atoms with Crippen LogP contribution in [0.4, 0.5) is 0 Å². The van der Waals surface area contributed by atoms with Crippen LogP contribution < -0.4 is 0 Å². The predicted molar refractivity (Wildman–Crippen MR) is 51.0 cm³/mol. The van der Waals surface area contributed by atoms with Crippen molar-refractivity contribution in [1.82, 2.24) is 0 Å². The van der Waals surface area contributed by atoms with Crippen molar-refractivity contribution in [2.45, 2.75) is 45.4 Å². The molecule has 1 aliphatic rings. The Morgan fingerprint density at radius 2 is 2.25 bits per heavy atom. The van der Waals surface area contributed by atoms with E-state index in [1.807, 2.05) is 0 Å². The van der Waals surface area contributed by atoms with Gasteiger partial charge in [-0.05, 0) is 25.7 Å². The highest BCUT2D eigenvalue weighted by molar-refractivity contribution is 5.81. The van der Waals surface area contributed by atoms with Crippen LogP contribution in [0.5, 0.6) is 0 Å². The van der Waals surface area contributed by atoms with Gasteiger partial charge in [0.2, 0.25) is 0 Å². The summed E-state index contributed by atoms with van der Waals surface area (Å²) in [4.78, 5) is 11.4. The molecule has 0 heterocycles. The molecule has 0 bridgehead atoms. The monoisotopic (exact) mass is 166 g/mol. The zero-order valence-corrected chi connectivity index (χ0v) is 7.88. The van der Waals surface area contributed by atoms with Gasteiger partial charge in [0.1, 0.15) is 5.78 Å². The maximum Gasteiger partial charge on any atom is 0.136 e. The molecule has 0 amide bonds. The standard InChI is InChI=1S/C11H18O/c1-2-3-4-7-10-8-5-6-9-11(10)12/h3-4,10H,2,5-9H2,1H3/b4-3-/t10-/m1/s1. The molecule has 1 nitrogen and oxygen atoms in total. The molecule has 0 radical (unpaired) electrons. The molecule has 0 spiro atoms. The molecule has 0 aliphatic heterocycles. The Morgan fingerprint density at radius 1 is 1.42 bits per heavy atom. The number of hydrogen-bond donors (Lipinski definition) is 0. The fraction of sp³-hybridized carbons (Fsp3) is 0.727. The molecule has 1 atom stereocenters. The predicted octanol–water partition coefficient (Wildman–Crippen LogP) is 3.10. The summed E-state index contributed by atoms with van der Waals surface area (Å²) in [5, 5.41) is 0. The zero-order valence-electron chi connectivity index (χ0n) is 7.88. The highest BCUT2D eigenvalue weighted by Gasteiger charge is 2.20. The van der Waals surface area contributed by atoms with Gasteiger partial charge >= 0.3 is 0 Å². The third-order valence-electron chi connectivity index (χ3n) is 2.50. The largest absolute Gasteiger partial charge is 0.299 e. The highest BCUT2D eigenvalue weighted by atomic mass is 16.1. The molecule has 1 heteroatoms. The quantitative estimate of drug-likeness (QED) is 0.589. The van der Waals surface area contributed by atoms with Gasteiger partial charge in [-0.3, -0.25) is 4.79 Å². The second kappa shape index (κ2) is 5.13. The first-order valence-electron chi connectivity index (χ1n) is 5.02. The van der Waals surface area contributed by atoms with Gasteiger partial charge in [0, 0.05) is 12.3 Å². The molecule has 1 saturated carbocycles. The van der Waals surface area contributed by atoms with Crippen LogP contribution in [0.3, 0.4) is 0 Å². The van der Waals surface area contributed by atoms with E-state index < -0.39 is 0 Å². The van der Waals surface area contributed by atoms with Gasteiger partial charge in [-0.15, -0.1) is 0 Å². The molecule has 0 aromatic rings. The van der Waals surface area contributed by atoms with Gasteiger partial charge in [-0.1, -0.05) is 25.5 Å². The van der Waals surface area contributed by atoms with Crippen molar-refractivity contribution in [3.8, 4) is 0 Å². The Morgan fingerprint density at radius 3 is 2.92 bits per heavy atom. The van der Waals surface area contributed by atoms with Crippen LogP contribution in [0, 0.1) is 5.92 Å². The third kappa shape index (κ3) is 2.80. The van der Waals surface area contributed by atoms with Gasteiger partial charge in [-0.2, -0.15) is 0 Å². The fourth-order valence-corrected chi connectivity index (χ4v) is 1.73. The smallest absolute Gasteiger partial charge is 0.136 e. The van der Waals surface area contributed by atoms with Crippen LogP contribution in [-0.2, 0) is 4.79 Å². The first-order valence-corrected chi connectivity index (χ1v) is 5.02. The molecule has 1 fully saturated rings. The molecular formula is C11H18O. The van der Waals surface area contributed by atoms with Crippen LogP contribution in [0.25, 0.3) is 0 Å². The number of carbonyl (C=O) groups is 1. The molecule has 0 N–H and O–H groups in total. The SMILES string of the molecule is CC/C=C\C[C@@H]1CCCCC1=O. The summed E-state index contributed by atoms with van der Waals surface area (Å²) in [5.74, 6) is 0.837. The molecule has 1 rings (SSSR count). The third-order valence-corrected chi connectivity index (χ3v) is 2.50. The van der Waals surface area contributed by atoms with E-state index in [4.69, 9.17) is 0 Å². The van der Waals surface area contributed by atoms with E-state index >= 15 is 0 Å². The van der Waals surface area contributed by atoms with Crippen LogP contribution in [0.1, 0.15) is 45.4 Å². The first-order chi connectivity index (χ1) is 5.84. The second-order valence-corrected chi connectivity index (χ2v) is 3.52. The maximum absolute atomic E-state index is 11.4. The number of hydrogen-bond acceptors (Lipinski definition) is 1. The average Bonchev–Trinajstić information content (AvgIpc) is 2.09. The Labute approximate surface area is 74.9 Å². The summed E-state index contributed by atoms with van der Waals surface area (Å²) in [6.07, 6.45) is 10.7. The van der Waals surface area contributed by atoms with Gasteiger partial charge in [0.05, 0.1) is 0 Å². The summed E-state index contributed by atoms with van der Waals surface area (Å²) in [6.45, 7) is 2.12. The lowest BCUT2D eigenvalue weighted by Crippen LogP contribution is -2.17. The van der Waals surface area contributed by atoms with Gasteiger partial charge in [0.25, 0.3) is 0 Å². The van der Waals surface area contributed by atoms with Crippen molar-refractivity contribution >= 4 is 5.78 Å². The molecule has 68 valence electrons. The van der Waals surface area contributed by atoms with E-state index in [-0.39, 0.29) is 0 Å². The minimum Gasteiger partial charge on any atom is -0.299 e. The van der Waals surface area contributed by atoms with Crippen molar-refractivity contribution in [2.75, 3.05) is 0 Å². The Kier molecular flexibility index (Phi) is 4.06. The number of allylic oxidation sites excluding steroid dienone is 2. The van der Waals surface area contributed by atoms with E-state index in [9.17, 15) is 4.79 Å². The first kappa shape index (κ1) is 9.50. The van der Waals surface area contributed by atoms with E-state index in [1.54, 1.807) is 0 Å². The number of rotatable bonds is 3. The normalized spacial score (nSPS) is 25.1. The lowest BCUT2D eigenvalue weighted by atomic mass is 9.86. The average molecular weight is 166 g/mol. The van der Waals surface area contributed by atoms with Gasteiger partial charge in [0.15, 0.2) is 0 Å². The minimum atomic E-state index is 0.349. The minimum absolute atomic E-state index is 0.349. The highest BCUT2D eigenvalue weighted by Crippen LogP contribution is 2.23. The fourth-order valence-electron chi connectivity index (χ4n) is 1.73. The molecule has 0 aromatic heterocycles. The number of Topliss-reactive ketones (excluding diaryl/α,β-unsaturated/α-hetero) is 1. The number of carbonyl (C=O) groups excluding carboxylic acids is 1. The molecular weight excluding hydrogens is 148 g/mol. The zero-order chi connectivity index (χ0) is 8.81. The Balaban J connectivity index is 2.29. The topological polar surface area (TPSA) is 17.1 Å². The Hall–Kier alpha value is -0.590. The van der Waals surface area contributed by atoms with Crippen molar-refractivity contribution in [1.29, 1.82) is 0 Å². The van der Waals surface area contributed by atoms with Crippen molar-refractivity contribution in [3.63, 3.8) is 0 Å². The van der Waals surface area contributed by atoms with Crippen LogP contribution in [0.2, 0.25) is 0 Å². The summed E-state index contributed by atoms with van der Waals surface area (Å²) >= 11 is 0. The molecule has 0 saturated heterocycles. The second-order valence-electron chi connectivity index (χ2n) is 3.52. The van der Waals surface area contributed by atoms with Crippen LogP contribution in [0.15, 0.2) is 12.2 Å². The van der Waals surface area contributed by atoms with E-state index in [1.165, 1.54) is 6.42 Å². The van der Waals surface area contributed by atoms with Gasteiger partial charge in [-0.25, -0.2) is 0 Å². The van der Waals surface area contributed by atoms with E-state index in [0.29, 0.717) is 11.7 Å². The van der Waals surface area contributed by atoms with E-state index in [0.717, 1.165) is 32.1 Å². The lowest BCUT2D eigenvalue weighted by molar-refractivity contribution is -0.124. The van der Waals surface area contributed by atoms with E-state index in [2.05, 4.69) is 19.1 Å². The molecule has 12 heavy (non-hydrogen) atoms. The lowest BCUT2D eigenvalue weighted by Gasteiger charge is -2.18. The summed E-state index contributed by atoms with van der Waals surface area (Å²) in [7, 11) is 0. The van der Waals surface area contributed by atoms with Crippen LogP contribution in [-0.4, -0.2) is 5.78 Å². The number of ketones is 1.